The minimum atomic E-state index is -1.21. The molecule has 0 fully saturated rings. The summed E-state index contributed by atoms with van der Waals surface area (Å²) >= 11 is 3.30. The van der Waals surface area contributed by atoms with Crippen molar-refractivity contribution in [2.75, 3.05) is 19.1 Å². The molecule has 0 aromatic heterocycles. The van der Waals surface area contributed by atoms with Gasteiger partial charge in [0.05, 0.1) is 19.2 Å². The van der Waals surface area contributed by atoms with Crippen molar-refractivity contribution in [2.24, 2.45) is 5.73 Å². The van der Waals surface area contributed by atoms with E-state index in [0.717, 1.165) is 4.47 Å². The van der Waals surface area contributed by atoms with Crippen LogP contribution in [0.5, 0.6) is 5.75 Å². The topological polar surface area (TPSA) is 92.9 Å². The fourth-order valence-corrected chi connectivity index (χ4v) is 1.82. The van der Waals surface area contributed by atoms with Crippen LogP contribution in [0.4, 0.5) is 5.69 Å². The number of halogens is 1. The van der Waals surface area contributed by atoms with E-state index in [9.17, 15) is 9.59 Å². The van der Waals surface area contributed by atoms with Crippen molar-refractivity contribution in [1.29, 1.82) is 0 Å². The molecule has 1 aromatic carbocycles. The molecule has 3 N–H and O–H groups in total. The monoisotopic (exact) mass is 330 g/mol. The largest absolute Gasteiger partial charge is 0.495 e. The Labute approximate surface area is 119 Å². The van der Waals surface area contributed by atoms with Crippen molar-refractivity contribution in [2.45, 2.75) is 12.5 Å². The standard InChI is InChI=1S/C12H15BrN2O4/c1-15(11(16)6-8(14)12(17)18)9-5-7(13)3-4-10(9)19-2/h3-5,8H,6,14H2,1-2H3,(H,17,18). The van der Waals surface area contributed by atoms with Crippen LogP contribution in [0.25, 0.3) is 0 Å². The maximum atomic E-state index is 11.9. The number of rotatable bonds is 5. The summed E-state index contributed by atoms with van der Waals surface area (Å²) in [6.07, 6.45) is -0.276. The number of aliphatic carboxylic acids is 1. The van der Waals surface area contributed by atoms with Crippen molar-refractivity contribution >= 4 is 33.5 Å². The Morgan fingerprint density at radius 1 is 1.53 bits per heavy atom. The highest BCUT2D eigenvalue weighted by Gasteiger charge is 2.21. The fraction of sp³-hybridized carbons (Fsp3) is 0.333. The number of ether oxygens (including phenoxy) is 1. The lowest BCUT2D eigenvalue weighted by Crippen LogP contribution is -2.38. The van der Waals surface area contributed by atoms with Crippen molar-refractivity contribution in [3.8, 4) is 5.75 Å². The summed E-state index contributed by atoms with van der Waals surface area (Å²) in [5.41, 5.74) is 5.89. The number of hydrogen-bond donors (Lipinski definition) is 2. The SMILES string of the molecule is COc1ccc(Br)cc1N(C)C(=O)CC(N)C(=O)O. The number of anilines is 1. The number of benzene rings is 1. The van der Waals surface area contributed by atoms with Crippen LogP contribution in [-0.4, -0.2) is 37.2 Å². The molecule has 0 saturated carbocycles. The van der Waals surface area contributed by atoms with Crippen LogP contribution in [0.2, 0.25) is 0 Å². The molecule has 0 spiro atoms. The first kappa shape index (κ1) is 15.5. The highest BCUT2D eigenvalue weighted by molar-refractivity contribution is 9.10. The van der Waals surface area contributed by atoms with Gasteiger partial charge in [-0.1, -0.05) is 15.9 Å². The van der Waals surface area contributed by atoms with Crippen LogP contribution in [-0.2, 0) is 9.59 Å². The molecule has 0 bridgehead atoms. The summed E-state index contributed by atoms with van der Waals surface area (Å²) in [6, 6.07) is 3.99. The third-order valence-electron chi connectivity index (χ3n) is 2.59. The van der Waals surface area contributed by atoms with E-state index >= 15 is 0 Å². The third-order valence-corrected chi connectivity index (χ3v) is 3.08. The summed E-state index contributed by atoms with van der Waals surface area (Å²) < 4.78 is 5.94. The molecule has 1 aromatic rings. The highest BCUT2D eigenvalue weighted by Crippen LogP contribution is 2.31. The lowest BCUT2D eigenvalue weighted by molar-refractivity contribution is -0.140. The molecule has 1 rings (SSSR count). The average Bonchev–Trinajstić information content (AvgIpc) is 2.37. The number of methoxy groups -OCH3 is 1. The van der Waals surface area contributed by atoms with E-state index in [-0.39, 0.29) is 6.42 Å². The van der Waals surface area contributed by atoms with E-state index in [0.29, 0.717) is 11.4 Å². The first-order chi connectivity index (χ1) is 8.86. The van der Waals surface area contributed by atoms with Gasteiger partial charge in [-0.05, 0) is 18.2 Å². The number of carboxylic acids is 1. The van der Waals surface area contributed by atoms with Gasteiger partial charge in [-0.15, -0.1) is 0 Å². The Morgan fingerprint density at radius 2 is 2.16 bits per heavy atom. The van der Waals surface area contributed by atoms with Gasteiger partial charge in [0, 0.05) is 11.5 Å². The third kappa shape index (κ3) is 3.93. The zero-order valence-corrected chi connectivity index (χ0v) is 12.2. The molecule has 7 heteroatoms. The van der Waals surface area contributed by atoms with Gasteiger partial charge in [-0.25, -0.2) is 0 Å². The molecule has 0 radical (unpaired) electrons. The van der Waals surface area contributed by atoms with Crippen molar-refractivity contribution < 1.29 is 19.4 Å². The molecule has 0 aliphatic heterocycles. The second-order valence-corrected chi connectivity index (χ2v) is 4.83. The highest BCUT2D eigenvalue weighted by atomic mass is 79.9. The van der Waals surface area contributed by atoms with Crippen LogP contribution < -0.4 is 15.4 Å². The summed E-state index contributed by atoms with van der Waals surface area (Å²) in [5, 5.41) is 8.70. The van der Waals surface area contributed by atoms with Crippen LogP contribution in [0, 0.1) is 0 Å². The average molecular weight is 331 g/mol. The predicted octanol–water partition coefficient (Wildman–Crippen LogP) is 1.22. The minimum absolute atomic E-state index is 0.276. The summed E-state index contributed by atoms with van der Waals surface area (Å²) in [6.45, 7) is 0. The molecular weight excluding hydrogens is 316 g/mol. The maximum absolute atomic E-state index is 11.9. The predicted molar refractivity (Wildman–Crippen MR) is 74.3 cm³/mol. The molecule has 104 valence electrons. The van der Waals surface area contributed by atoms with Gasteiger partial charge in [-0.2, -0.15) is 0 Å². The van der Waals surface area contributed by atoms with E-state index in [2.05, 4.69) is 15.9 Å². The van der Waals surface area contributed by atoms with E-state index in [4.69, 9.17) is 15.6 Å². The van der Waals surface area contributed by atoms with Gasteiger partial charge in [0.2, 0.25) is 5.91 Å². The summed E-state index contributed by atoms with van der Waals surface area (Å²) in [4.78, 5) is 23.9. The molecule has 1 atom stereocenters. The normalized spacial score (nSPS) is 11.8. The quantitative estimate of drug-likeness (QED) is 0.846. The number of carbonyl (C=O) groups excluding carboxylic acids is 1. The zero-order valence-electron chi connectivity index (χ0n) is 10.6. The number of nitrogens with zero attached hydrogens (tertiary/aromatic N) is 1. The van der Waals surface area contributed by atoms with E-state index in [1.165, 1.54) is 12.0 Å². The van der Waals surface area contributed by atoms with E-state index < -0.39 is 17.9 Å². The van der Waals surface area contributed by atoms with Gasteiger partial charge in [-0.3, -0.25) is 9.59 Å². The van der Waals surface area contributed by atoms with E-state index in [1.807, 2.05) is 0 Å². The van der Waals surface area contributed by atoms with Crippen LogP contribution in [0.3, 0.4) is 0 Å². The molecule has 0 aliphatic carbocycles. The van der Waals surface area contributed by atoms with Gasteiger partial charge in [0.25, 0.3) is 0 Å². The Kier molecular flexibility index (Phi) is 5.31. The minimum Gasteiger partial charge on any atom is -0.495 e. The van der Waals surface area contributed by atoms with Crippen LogP contribution in [0.15, 0.2) is 22.7 Å². The number of amides is 1. The first-order valence-electron chi connectivity index (χ1n) is 5.45. The lowest BCUT2D eigenvalue weighted by atomic mass is 10.2. The lowest BCUT2D eigenvalue weighted by Gasteiger charge is -2.21. The van der Waals surface area contributed by atoms with E-state index in [1.54, 1.807) is 25.2 Å². The first-order valence-corrected chi connectivity index (χ1v) is 6.24. The fourth-order valence-electron chi connectivity index (χ4n) is 1.47. The Hall–Kier alpha value is -1.60. The second kappa shape index (κ2) is 6.53. The number of nitrogens with two attached hydrogens (primary N) is 1. The molecule has 0 aliphatic rings. The Bertz CT molecular complexity index is 493. The van der Waals surface area contributed by atoms with Gasteiger partial charge < -0.3 is 20.5 Å². The van der Waals surface area contributed by atoms with Gasteiger partial charge in [0.1, 0.15) is 11.8 Å². The zero-order chi connectivity index (χ0) is 14.6. The second-order valence-electron chi connectivity index (χ2n) is 3.92. The molecule has 6 nitrogen and oxygen atoms in total. The Balaban J connectivity index is 2.93. The summed E-state index contributed by atoms with van der Waals surface area (Å²) in [5.74, 6) is -1.09. The van der Waals surface area contributed by atoms with Crippen molar-refractivity contribution in [1.82, 2.24) is 0 Å². The van der Waals surface area contributed by atoms with Crippen LogP contribution >= 0.6 is 15.9 Å². The molecule has 19 heavy (non-hydrogen) atoms. The molecule has 0 heterocycles. The van der Waals surface area contributed by atoms with Gasteiger partial charge >= 0.3 is 5.97 Å². The van der Waals surface area contributed by atoms with Gasteiger partial charge in [0.15, 0.2) is 0 Å². The van der Waals surface area contributed by atoms with Crippen molar-refractivity contribution in [3.63, 3.8) is 0 Å². The number of carbonyl (C=O) groups is 2. The Morgan fingerprint density at radius 3 is 2.68 bits per heavy atom. The van der Waals surface area contributed by atoms with Crippen molar-refractivity contribution in [3.05, 3.63) is 22.7 Å². The molecular formula is C12H15BrN2O4. The molecule has 1 unspecified atom stereocenters. The molecule has 0 saturated heterocycles. The number of hydrogen-bond acceptors (Lipinski definition) is 4. The van der Waals surface area contributed by atoms with Crippen LogP contribution in [0.1, 0.15) is 6.42 Å². The smallest absolute Gasteiger partial charge is 0.321 e. The maximum Gasteiger partial charge on any atom is 0.321 e. The number of carboxylic acid groups (broad SMARTS) is 1. The summed E-state index contributed by atoms with van der Waals surface area (Å²) in [7, 11) is 3.04. The molecule has 1 amide bonds.